The maximum absolute atomic E-state index is 13.0. The Hall–Kier alpha value is -1.37. The standard InChI is InChI=1S/C17H19F3O3S/c1-10-5-6-11(9-15(10)17(18,19)20)16(21)12-7-13-3-2-4-14(8-12)24(13,22)23/h5-6,9,12-14H,2-4,7-8H2,1H3. The SMILES string of the molecule is Cc1ccc(C(=O)C2CC3CCCC(C2)S3(=O)=O)cc1C(F)(F)F. The fraction of sp³-hybridized carbons (Fsp3) is 0.588. The molecule has 0 radical (unpaired) electrons. The molecule has 24 heavy (non-hydrogen) atoms. The number of carbonyl (C=O) groups excluding carboxylic acids is 1. The number of fused-ring (bicyclic) bond motifs is 2. The van der Waals surface area contributed by atoms with Gasteiger partial charge >= 0.3 is 6.18 Å². The van der Waals surface area contributed by atoms with E-state index >= 15 is 0 Å². The lowest BCUT2D eigenvalue weighted by Gasteiger charge is -2.38. The van der Waals surface area contributed by atoms with Crippen LogP contribution in [0.4, 0.5) is 13.2 Å². The van der Waals surface area contributed by atoms with Crippen molar-refractivity contribution in [1.29, 1.82) is 0 Å². The molecule has 0 aliphatic carbocycles. The van der Waals surface area contributed by atoms with Crippen molar-refractivity contribution in [2.45, 2.75) is 55.7 Å². The van der Waals surface area contributed by atoms with Crippen molar-refractivity contribution < 1.29 is 26.4 Å². The fourth-order valence-corrected chi connectivity index (χ4v) is 6.48. The zero-order valence-corrected chi connectivity index (χ0v) is 14.1. The van der Waals surface area contributed by atoms with E-state index in [1.807, 2.05) is 0 Å². The van der Waals surface area contributed by atoms with E-state index in [0.717, 1.165) is 12.5 Å². The number of Topliss-reactive ketones (excluding diaryl/α,β-unsaturated/α-hetero) is 1. The van der Waals surface area contributed by atoms with E-state index in [2.05, 4.69) is 0 Å². The predicted molar refractivity (Wildman–Crippen MR) is 83.6 cm³/mol. The van der Waals surface area contributed by atoms with Crippen LogP contribution in [0.5, 0.6) is 0 Å². The second-order valence-corrected chi connectivity index (χ2v) is 9.34. The largest absolute Gasteiger partial charge is 0.416 e. The van der Waals surface area contributed by atoms with Gasteiger partial charge in [-0.1, -0.05) is 18.6 Å². The maximum atomic E-state index is 13.0. The molecule has 1 aromatic carbocycles. The van der Waals surface area contributed by atoms with Crippen LogP contribution in [0.2, 0.25) is 0 Å². The van der Waals surface area contributed by atoms with Gasteiger partial charge in [-0.2, -0.15) is 13.2 Å². The normalized spacial score (nSPS) is 29.2. The van der Waals surface area contributed by atoms with Crippen LogP contribution in [-0.4, -0.2) is 24.7 Å². The minimum absolute atomic E-state index is 0.0234. The number of hydrogen-bond acceptors (Lipinski definition) is 3. The molecule has 0 N–H and O–H groups in total. The van der Waals surface area contributed by atoms with Crippen molar-refractivity contribution in [3.8, 4) is 0 Å². The molecule has 1 aromatic rings. The van der Waals surface area contributed by atoms with Crippen molar-refractivity contribution in [3.05, 3.63) is 34.9 Å². The van der Waals surface area contributed by atoms with Crippen LogP contribution in [0, 0.1) is 12.8 Å². The molecule has 0 saturated carbocycles. The highest BCUT2D eigenvalue weighted by atomic mass is 32.2. The molecule has 0 aromatic heterocycles. The summed E-state index contributed by atoms with van der Waals surface area (Å²) in [6.45, 7) is 1.36. The molecule has 2 heterocycles. The van der Waals surface area contributed by atoms with Gasteiger partial charge in [0.25, 0.3) is 0 Å². The summed E-state index contributed by atoms with van der Waals surface area (Å²) < 4.78 is 63.6. The first-order valence-electron chi connectivity index (χ1n) is 8.05. The van der Waals surface area contributed by atoms with Crippen molar-refractivity contribution >= 4 is 15.6 Å². The van der Waals surface area contributed by atoms with Gasteiger partial charge in [0, 0.05) is 11.5 Å². The number of hydrogen-bond donors (Lipinski definition) is 0. The molecule has 2 unspecified atom stereocenters. The molecule has 2 bridgehead atoms. The van der Waals surface area contributed by atoms with Crippen molar-refractivity contribution in [3.63, 3.8) is 0 Å². The van der Waals surface area contributed by atoms with Gasteiger partial charge in [-0.25, -0.2) is 8.42 Å². The van der Waals surface area contributed by atoms with Gasteiger partial charge in [-0.3, -0.25) is 4.79 Å². The quantitative estimate of drug-likeness (QED) is 0.751. The topological polar surface area (TPSA) is 51.2 Å². The van der Waals surface area contributed by atoms with E-state index in [1.165, 1.54) is 19.1 Å². The Labute approximate surface area is 139 Å². The first-order chi connectivity index (χ1) is 11.1. The molecule has 3 rings (SSSR count). The third kappa shape index (κ3) is 2.98. The summed E-state index contributed by atoms with van der Waals surface area (Å²) in [6.07, 6.45) is -2.13. The van der Waals surface area contributed by atoms with Crippen LogP contribution in [-0.2, 0) is 16.0 Å². The van der Waals surface area contributed by atoms with E-state index in [4.69, 9.17) is 0 Å². The highest BCUT2D eigenvalue weighted by Gasteiger charge is 2.46. The second-order valence-electron chi connectivity index (χ2n) is 6.82. The van der Waals surface area contributed by atoms with Gasteiger partial charge in [-0.05, 0) is 44.2 Å². The summed E-state index contributed by atoms with van der Waals surface area (Å²) in [6, 6.07) is 3.61. The van der Waals surface area contributed by atoms with E-state index < -0.39 is 38.0 Å². The first kappa shape index (κ1) is 17.5. The minimum Gasteiger partial charge on any atom is -0.294 e. The van der Waals surface area contributed by atoms with Gasteiger partial charge in [0.2, 0.25) is 0 Å². The molecule has 2 fully saturated rings. The molecule has 2 aliphatic rings. The Kier molecular flexibility index (Phi) is 4.26. The highest BCUT2D eigenvalue weighted by Crippen LogP contribution is 2.41. The molecule has 2 atom stereocenters. The minimum atomic E-state index is -4.51. The van der Waals surface area contributed by atoms with E-state index in [9.17, 15) is 26.4 Å². The van der Waals surface area contributed by atoms with Crippen LogP contribution in [0.1, 0.15) is 53.6 Å². The van der Waals surface area contributed by atoms with Crippen LogP contribution >= 0.6 is 0 Å². The summed E-state index contributed by atoms with van der Waals surface area (Å²) >= 11 is 0. The third-order valence-electron chi connectivity index (χ3n) is 5.27. The Balaban J connectivity index is 1.88. The van der Waals surface area contributed by atoms with E-state index in [-0.39, 0.29) is 29.8 Å². The lowest BCUT2D eigenvalue weighted by atomic mass is 9.84. The molecular formula is C17H19F3O3S. The third-order valence-corrected chi connectivity index (χ3v) is 7.99. The summed E-state index contributed by atoms with van der Waals surface area (Å²) in [4.78, 5) is 12.7. The van der Waals surface area contributed by atoms with Gasteiger partial charge in [-0.15, -0.1) is 0 Å². The zero-order chi connectivity index (χ0) is 17.7. The van der Waals surface area contributed by atoms with Crippen LogP contribution in [0.25, 0.3) is 0 Å². The van der Waals surface area contributed by atoms with Crippen molar-refractivity contribution in [2.24, 2.45) is 5.92 Å². The zero-order valence-electron chi connectivity index (χ0n) is 13.3. The lowest BCUT2D eigenvalue weighted by Crippen LogP contribution is -2.45. The lowest BCUT2D eigenvalue weighted by molar-refractivity contribution is -0.138. The van der Waals surface area contributed by atoms with Crippen molar-refractivity contribution in [2.75, 3.05) is 0 Å². The Morgan fingerprint density at radius 3 is 2.25 bits per heavy atom. The predicted octanol–water partition coefficient (Wildman–Crippen LogP) is 3.94. The second kappa shape index (κ2) is 5.86. The molecule has 0 spiro atoms. The van der Waals surface area contributed by atoms with Crippen molar-refractivity contribution in [1.82, 2.24) is 0 Å². The summed E-state index contributed by atoms with van der Waals surface area (Å²) in [5, 5.41) is -1.04. The number of carbonyl (C=O) groups is 1. The van der Waals surface area contributed by atoms with Crippen LogP contribution in [0.15, 0.2) is 18.2 Å². The average molecular weight is 360 g/mol. The monoisotopic (exact) mass is 360 g/mol. The number of alkyl halides is 3. The molecule has 7 heteroatoms. The number of benzene rings is 1. The molecule has 2 aliphatic heterocycles. The van der Waals surface area contributed by atoms with E-state index in [0.29, 0.717) is 12.8 Å². The molecule has 2 saturated heterocycles. The number of rotatable bonds is 2. The smallest absolute Gasteiger partial charge is 0.294 e. The fourth-order valence-electron chi connectivity index (χ4n) is 3.94. The van der Waals surface area contributed by atoms with E-state index in [1.54, 1.807) is 0 Å². The van der Waals surface area contributed by atoms with Gasteiger partial charge in [0.1, 0.15) is 0 Å². The Bertz CT molecular complexity index is 748. The molecule has 0 amide bonds. The Morgan fingerprint density at radius 2 is 1.71 bits per heavy atom. The molecule has 132 valence electrons. The molecular weight excluding hydrogens is 341 g/mol. The number of sulfone groups is 1. The summed E-state index contributed by atoms with van der Waals surface area (Å²) in [5.41, 5.74) is -0.714. The Morgan fingerprint density at radius 1 is 1.12 bits per heavy atom. The highest BCUT2D eigenvalue weighted by molar-refractivity contribution is 7.92. The van der Waals surface area contributed by atoms with Gasteiger partial charge < -0.3 is 0 Å². The van der Waals surface area contributed by atoms with Gasteiger partial charge in [0.05, 0.1) is 16.1 Å². The summed E-state index contributed by atoms with van der Waals surface area (Å²) in [7, 11) is -3.18. The maximum Gasteiger partial charge on any atom is 0.416 e. The first-order valence-corrected chi connectivity index (χ1v) is 9.66. The number of halogens is 3. The van der Waals surface area contributed by atoms with Crippen LogP contribution < -0.4 is 0 Å². The summed E-state index contributed by atoms with van der Waals surface area (Å²) in [5.74, 6) is -0.875. The van der Waals surface area contributed by atoms with Gasteiger partial charge in [0.15, 0.2) is 15.6 Å². The number of aryl methyl sites for hydroxylation is 1. The average Bonchev–Trinajstić information content (AvgIpc) is 2.44. The number of ketones is 1. The molecule has 3 nitrogen and oxygen atoms in total. The van der Waals surface area contributed by atoms with Crippen LogP contribution in [0.3, 0.4) is 0 Å².